The van der Waals surface area contributed by atoms with Crippen molar-refractivity contribution in [1.82, 2.24) is 10.4 Å². The standard InChI is InChI=1S/C21H16BrN3O4/c1-28-18-7-4-14(5-8-18)21(27)29-19-9-6-17(22)11-16(19)13-24-25-20(26)15-3-2-10-23-12-15/h2-13H,1H3,(H,25,26). The lowest BCUT2D eigenvalue weighted by Crippen LogP contribution is -2.17. The smallest absolute Gasteiger partial charge is 0.343 e. The number of hydrazone groups is 1. The number of amides is 1. The van der Waals surface area contributed by atoms with Gasteiger partial charge in [0.1, 0.15) is 11.5 Å². The van der Waals surface area contributed by atoms with E-state index in [4.69, 9.17) is 9.47 Å². The second kappa shape index (κ2) is 9.61. The van der Waals surface area contributed by atoms with E-state index in [1.165, 1.54) is 12.4 Å². The highest BCUT2D eigenvalue weighted by atomic mass is 79.9. The molecule has 7 nitrogen and oxygen atoms in total. The Balaban J connectivity index is 1.73. The zero-order valence-corrected chi connectivity index (χ0v) is 16.9. The third-order valence-corrected chi connectivity index (χ3v) is 4.29. The molecule has 0 saturated carbocycles. The average Bonchev–Trinajstić information content (AvgIpc) is 2.76. The summed E-state index contributed by atoms with van der Waals surface area (Å²) in [5.41, 5.74) is 3.68. The summed E-state index contributed by atoms with van der Waals surface area (Å²) in [4.78, 5) is 28.3. The zero-order valence-electron chi connectivity index (χ0n) is 15.3. The predicted molar refractivity (Wildman–Crippen MR) is 111 cm³/mol. The first-order valence-corrected chi connectivity index (χ1v) is 9.25. The van der Waals surface area contributed by atoms with E-state index in [0.29, 0.717) is 28.2 Å². The van der Waals surface area contributed by atoms with E-state index in [1.54, 1.807) is 67.9 Å². The van der Waals surface area contributed by atoms with E-state index >= 15 is 0 Å². The van der Waals surface area contributed by atoms with Gasteiger partial charge in [0.2, 0.25) is 0 Å². The molecule has 0 fully saturated rings. The molecule has 0 bridgehead atoms. The van der Waals surface area contributed by atoms with E-state index in [2.05, 4.69) is 31.4 Å². The third-order valence-electron chi connectivity index (χ3n) is 3.79. The number of esters is 1. The molecule has 2 aromatic carbocycles. The van der Waals surface area contributed by atoms with Crippen LogP contribution in [0.25, 0.3) is 0 Å². The molecule has 0 aliphatic heterocycles. The fourth-order valence-electron chi connectivity index (χ4n) is 2.32. The number of carbonyl (C=O) groups is 2. The van der Waals surface area contributed by atoms with Crippen molar-refractivity contribution in [3.63, 3.8) is 0 Å². The molecule has 1 aromatic heterocycles. The van der Waals surface area contributed by atoms with Crippen LogP contribution in [0.15, 0.2) is 76.6 Å². The van der Waals surface area contributed by atoms with Crippen molar-refractivity contribution in [1.29, 1.82) is 0 Å². The number of hydrogen-bond donors (Lipinski definition) is 1. The summed E-state index contributed by atoms with van der Waals surface area (Å²) in [6.45, 7) is 0. The van der Waals surface area contributed by atoms with Crippen LogP contribution in [0.3, 0.4) is 0 Å². The minimum Gasteiger partial charge on any atom is -0.497 e. The number of hydrogen-bond acceptors (Lipinski definition) is 6. The minimum absolute atomic E-state index is 0.299. The molecule has 1 amide bonds. The summed E-state index contributed by atoms with van der Waals surface area (Å²) in [7, 11) is 1.55. The number of benzene rings is 2. The number of carbonyl (C=O) groups excluding carboxylic acids is 2. The number of methoxy groups -OCH3 is 1. The maximum absolute atomic E-state index is 12.4. The maximum atomic E-state index is 12.4. The second-order valence-electron chi connectivity index (χ2n) is 5.74. The molecule has 146 valence electrons. The fraction of sp³-hybridized carbons (Fsp3) is 0.0476. The Kier molecular flexibility index (Phi) is 6.70. The summed E-state index contributed by atoms with van der Waals surface area (Å²) < 4.78 is 11.3. The fourth-order valence-corrected chi connectivity index (χ4v) is 2.70. The first kappa shape index (κ1) is 20.2. The quantitative estimate of drug-likeness (QED) is 0.265. The Labute approximate surface area is 175 Å². The third kappa shape index (κ3) is 5.49. The van der Waals surface area contributed by atoms with Crippen molar-refractivity contribution in [3.05, 3.63) is 88.2 Å². The van der Waals surface area contributed by atoms with Crippen molar-refractivity contribution in [2.45, 2.75) is 0 Å². The first-order valence-electron chi connectivity index (χ1n) is 8.46. The highest BCUT2D eigenvalue weighted by Gasteiger charge is 2.12. The van der Waals surface area contributed by atoms with Crippen LogP contribution in [0.4, 0.5) is 0 Å². The Morgan fingerprint density at radius 2 is 1.90 bits per heavy atom. The second-order valence-corrected chi connectivity index (χ2v) is 6.66. The van der Waals surface area contributed by atoms with Crippen LogP contribution in [-0.4, -0.2) is 30.2 Å². The summed E-state index contributed by atoms with van der Waals surface area (Å²) in [6.07, 6.45) is 4.41. The molecule has 3 rings (SSSR count). The average molecular weight is 454 g/mol. The normalized spacial score (nSPS) is 10.6. The van der Waals surface area contributed by atoms with Crippen LogP contribution in [0.5, 0.6) is 11.5 Å². The van der Waals surface area contributed by atoms with Gasteiger partial charge in [0.25, 0.3) is 5.91 Å². The Morgan fingerprint density at radius 3 is 2.59 bits per heavy atom. The van der Waals surface area contributed by atoms with Gasteiger partial charge in [-0.1, -0.05) is 15.9 Å². The highest BCUT2D eigenvalue weighted by molar-refractivity contribution is 9.10. The molecule has 8 heteroatoms. The van der Waals surface area contributed by atoms with E-state index in [9.17, 15) is 9.59 Å². The maximum Gasteiger partial charge on any atom is 0.343 e. The number of pyridine rings is 1. The molecule has 1 N–H and O–H groups in total. The van der Waals surface area contributed by atoms with Crippen molar-refractivity contribution < 1.29 is 19.1 Å². The van der Waals surface area contributed by atoms with Crippen molar-refractivity contribution in [2.75, 3.05) is 7.11 Å². The van der Waals surface area contributed by atoms with Gasteiger partial charge in [-0.3, -0.25) is 9.78 Å². The molecular formula is C21H16BrN3O4. The van der Waals surface area contributed by atoms with Gasteiger partial charge < -0.3 is 9.47 Å². The van der Waals surface area contributed by atoms with E-state index < -0.39 is 11.9 Å². The largest absolute Gasteiger partial charge is 0.497 e. The topological polar surface area (TPSA) is 89.9 Å². The summed E-state index contributed by atoms with van der Waals surface area (Å²) in [5.74, 6) is 0.0147. The monoisotopic (exact) mass is 453 g/mol. The lowest BCUT2D eigenvalue weighted by Gasteiger charge is -2.08. The summed E-state index contributed by atoms with van der Waals surface area (Å²) >= 11 is 3.37. The lowest BCUT2D eigenvalue weighted by atomic mass is 10.2. The Bertz CT molecular complexity index is 1040. The van der Waals surface area contributed by atoms with Crippen molar-refractivity contribution in [2.24, 2.45) is 5.10 Å². The van der Waals surface area contributed by atoms with Crippen LogP contribution in [0.1, 0.15) is 26.3 Å². The molecule has 1 heterocycles. The molecule has 0 radical (unpaired) electrons. The van der Waals surface area contributed by atoms with Gasteiger partial charge in [-0.25, -0.2) is 10.2 Å². The zero-order chi connectivity index (χ0) is 20.6. The molecule has 0 aliphatic carbocycles. The Hall–Kier alpha value is -3.52. The molecule has 0 aliphatic rings. The van der Waals surface area contributed by atoms with Crippen LogP contribution >= 0.6 is 15.9 Å². The minimum atomic E-state index is -0.524. The molecule has 29 heavy (non-hydrogen) atoms. The van der Waals surface area contributed by atoms with Gasteiger partial charge in [-0.15, -0.1) is 0 Å². The lowest BCUT2D eigenvalue weighted by molar-refractivity contribution is 0.0734. The number of halogens is 1. The van der Waals surface area contributed by atoms with Gasteiger partial charge in [-0.2, -0.15) is 5.10 Å². The van der Waals surface area contributed by atoms with Gasteiger partial charge >= 0.3 is 5.97 Å². The first-order chi connectivity index (χ1) is 14.1. The van der Waals surface area contributed by atoms with Gasteiger partial charge in [-0.05, 0) is 54.6 Å². The molecular weight excluding hydrogens is 438 g/mol. The molecule has 0 atom stereocenters. The number of rotatable bonds is 6. The van der Waals surface area contributed by atoms with Gasteiger partial charge in [0.05, 0.1) is 24.5 Å². The number of ether oxygens (including phenoxy) is 2. The number of nitrogens with one attached hydrogen (secondary N) is 1. The SMILES string of the molecule is COc1ccc(C(=O)Oc2ccc(Br)cc2C=NNC(=O)c2cccnc2)cc1. The molecule has 3 aromatic rings. The van der Waals surface area contributed by atoms with Crippen LogP contribution in [0, 0.1) is 0 Å². The van der Waals surface area contributed by atoms with Gasteiger partial charge in [0, 0.05) is 22.4 Å². The van der Waals surface area contributed by atoms with Gasteiger partial charge in [0.15, 0.2) is 0 Å². The number of aromatic nitrogens is 1. The molecule has 0 saturated heterocycles. The molecule has 0 spiro atoms. The van der Waals surface area contributed by atoms with Crippen LogP contribution < -0.4 is 14.9 Å². The summed E-state index contributed by atoms with van der Waals surface area (Å²) in [6, 6.07) is 14.9. The number of nitrogens with zero attached hydrogens (tertiary/aromatic N) is 2. The van der Waals surface area contributed by atoms with Crippen LogP contribution in [0.2, 0.25) is 0 Å². The summed E-state index contributed by atoms with van der Waals surface area (Å²) in [5, 5.41) is 3.94. The Morgan fingerprint density at radius 1 is 1.10 bits per heavy atom. The predicted octanol–water partition coefficient (Wildman–Crippen LogP) is 3.84. The molecule has 0 unspecified atom stereocenters. The van der Waals surface area contributed by atoms with Crippen LogP contribution in [-0.2, 0) is 0 Å². The van der Waals surface area contributed by atoms with E-state index in [1.807, 2.05) is 0 Å². The van der Waals surface area contributed by atoms with Crippen molar-refractivity contribution >= 4 is 34.0 Å². The van der Waals surface area contributed by atoms with E-state index in [-0.39, 0.29) is 0 Å². The van der Waals surface area contributed by atoms with Crippen molar-refractivity contribution in [3.8, 4) is 11.5 Å². The van der Waals surface area contributed by atoms with E-state index in [0.717, 1.165) is 4.47 Å². The highest BCUT2D eigenvalue weighted by Crippen LogP contribution is 2.23.